The number of phenolic OH excluding ortho intramolecular Hbond substituents is 1. The fourth-order valence-corrected chi connectivity index (χ4v) is 7.18. The van der Waals surface area contributed by atoms with Crippen molar-refractivity contribution in [3.63, 3.8) is 0 Å². The summed E-state index contributed by atoms with van der Waals surface area (Å²) in [6, 6.07) is 26.4. The molecule has 1 N–H and O–H groups in total. The maximum Gasteiger partial charge on any atom is 0.128 e. The fraction of sp³-hybridized carbons (Fsp3) is 0.349. The normalized spacial score (nSPS) is 12.9. The van der Waals surface area contributed by atoms with E-state index in [9.17, 15) is 5.11 Å². The molecule has 242 valence electrons. The first-order valence-electron chi connectivity index (χ1n) is 16.7. The SMILES string of the molecule is CC(C)c1cc(-c2cc(-c3cc(C(C)(C)C)cc4cccnc34)cc(C(C)(C)C)c2)c2nc(-c3cc(C(C)(C)C)ccc3O)sc2c1. The lowest BCUT2D eigenvalue weighted by Crippen LogP contribution is -2.12. The molecule has 0 aliphatic carbocycles. The van der Waals surface area contributed by atoms with Crippen LogP contribution >= 0.6 is 11.3 Å². The minimum absolute atomic E-state index is 0.00609. The topological polar surface area (TPSA) is 46.0 Å². The van der Waals surface area contributed by atoms with Gasteiger partial charge in [-0.25, -0.2) is 4.98 Å². The van der Waals surface area contributed by atoms with Crippen LogP contribution in [0.4, 0.5) is 0 Å². The number of hydrogen-bond donors (Lipinski definition) is 1. The van der Waals surface area contributed by atoms with Crippen LogP contribution < -0.4 is 0 Å². The number of thiazole rings is 1. The molecule has 0 aliphatic heterocycles. The zero-order valence-corrected chi connectivity index (χ0v) is 30.6. The lowest BCUT2D eigenvalue weighted by atomic mass is 9.81. The molecule has 0 saturated carbocycles. The smallest absolute Gasteiger partial charge is 0.128 e. The first-order valence-corrected chi connectivity index (χ1v) is 17.6. The minimum atomic E-state index is -0.0726. The molecule has 0 bridgehead atoms. The number of pyridine rings is 1. The van der Waals surface area contributed by atoms with E-state index < -0.39 is 0 Å². The lowest BCUT2D eigenvalue weighted by Gasteiger charge is -2.24. The maximum absolute atomic E-state index is 11.0. The molecule has 0 fully saturated rings. The van der Waals surface area contributed by atoms with E-state index in [-0.39, 0.29) is 22.0 Å². The predicted molar refractivity (Wildman–Crippen MR) is 203 cm³/mol. The molecule has 0 unspecified atom stereocenters. The van der Waals surface area contributed by atoms with Crippen LogP contribution in [0.1, 0.15) is 104 Å². The molecule has 0 saturated heterocycles. The number of phenols is 1. The van der Waals surface area contributed by atoms with Gasteiger partial charge in [0, 0.05) is 22.7 Å². The van der Waals surface area contributed by atoms with Gasteiger partial charge in [-0.2, -0.15) is 0 Å². The Hall–Kier alpha value is -4.02. The maximum atomic E-state index is 11.0. The first kappa shape index (κ1) is 32.9. The van der Waals surface area contributed by atoms with E-state index in [2.05, 4.69) is 131 Å². The lowest BCUT2D eigenvalue weighted by molar-refractivity contribution is 0.476. The van der Waals surface area contributed by atoms with Crippen LogP contribution in [0.3, 0.4) is 0 Å². The van der Waals surface area contributed by atoms with Gasteiger partial charge in [0.1, 0.15) is 10.8 Å². The first-order chi connectivity index (χ1) is 21.9. The average Bonchev–Trinajstić information content (AvgIpc) is 3.42. The van der Waals surface area contributed by atoms with Crippen LogP contribution in [0, 0.1) is 0 Å². The molecule has 2 heterocycles. The molecule has 0 atom stereocenters. The molecule has 4 aromatic carbocycles. The van der Waals surface area contributed by atoms with Crippen molar-refractivity contribution in [2.75, 3.05) is 0 Å². The van der Waals surface area contributed by atoms with Crippen LogP contribution in [0.2, 0.25) is 0 Å². The highest BCUT2D eigenvalue weighted by atomic mass is 32.1. The monoisotopic (exact) mass is 640 g/mol. The molecule has 6 aromatic rings. The molecule has 0 radical (unpaired) electrons. The third kappa shape index (κ3) is 6.45. The van der Waals surface area contributed by atoms with E-state index in [1.54, 1.807) is 11.3 Å². The van der Waals surface area contributed by atoms with E-state index in [4.69, 9.17) is 9.97 Å². The summed E-state index contributed by atoms with van der Waals surface area (Å²) in [4.78, 5) is 10.2. The standard InChI is InChI=1S/C43H48N2OS/c1-25(2)27-21-33(39-37(22-27)47-40(45-39)35-23-30(41(3,4)5)14-15-36(35)46)28-17-29(20-31(19-28)42(6,7)8)34-24-32(43(9,10)11)18-26-13-12-16-44-38(26)34/h12-25,46H,1-11H3. The quantitative estimate of drug-likeness (QED) is 0.208. The number of benzene rings is 4. The highest BCUT2D eigenvalue weighted by Gasteiger charge is 2.23. The summed E-state index contributed by atoms with van der Waals surface area (Å²) in [5.41, 5.74) is 12.3. The third-order valence-electron chi connectivity index (χ3n) is 9.27. The number of rotatable bonds is 4. The molecular weight excluding hydrogens is 593 g/mol. The van der Waals surface area contributed by atoms with Crippen molar-refractivity contribution in [3.05, 3.63) is 101 Å². The Kier molecular flexibility index (Phi) is 8.12. The zero-order valence-electron chi connectivity index (χ0n) is 29.8. The molecule has 0 amide bonds. The van der Waals surface area contributed by atoms with E-state index >= 15 is 0 Å². The molecule has 6 rings (SSSR count). The summed E-state index contributed by atoms with van der Waals surface area (Å²) < 4.78 is 1.13. The van der Waals surface area contributed by atoms with Crippen LogP contribution in [0.25, 0.3) is 53.9 Å². The molecule has 4 heteroatoms. The van der Waals surface area contributed by atoms with E-state index in [1.807, 2.05) is 24.4 Å². The van der Waals surface area contributed by atoms with Crippen LogP contribution in [0.5, 0.6) is 5.75 Å². The van der Waals surface area contributed by atoms with Gasteiger partial charge in [0.2, 0.25) is 0 Å². The van der Waals surface area contributed by atoms with Crippen molar-refractivity contribution in [2.24, 2.45) is 0 Å². The number of hydrogen-bond acceptors (Lipinski definition) is 4. The molecule has 0 spiro atoms. The van der Waals surface area contributed by atoms with Gasteiger partial charge in [0.25, 0.3) is 0 Å². The Morgan fingerprint density at radius 2 is 1.21 bits per heavy atom. The Morgan fingerprint density at radius 3 is 1.83 bits per heavy atom. The highest BCUT2D eigenvalue weighted by Crippen LogP contribution is 2.44. The molecule has 2 aromatic heterocycles. The molecule has 47 heavy (non-hydrogen) atoms. The van der Waals surface area contributed by atoms with Gasteiger partial charge in [-0.1, -0.05) is 100 Å². The van der Waals surface area contributed by atoms with Gasteiger partial charge in [-0.05, 0) is 104 Å². The number of aromatic hydroxyl groups is 1. The molecule has 3 nitrogen and oxygen atoms in total. The van der Waals surface area contributed by atoms with Crippen LogP contribution in [-0.2, 0) is 16.2 Å². The predicted octanol–water partition coefficient (Wildman–Crippen LogP) is 12.6. The summed E-state index contributed by atoms with van der Waals surface area (Å²) >= 11 is 1.66. The average molecular weight is 641 g/mol. The summed E-state index contributed by atoms with van der Waals surface area (Å²) in [7, 11) is 0. The van der Waals surface area contributed by atoms with Crippen molar-refractivity contribution in [1.29, 1.82) is 0 Å². The molecule has 0 aliphatic rings. The van der Waals surface area contributed by atoms with Crippen LogP contribution in [0.15, 0.2) is 79.0 Å². The highest BCUT2D eigenvalue weighted by molar-refractivity contribution is 7.21. The van der Waals surface area contributed by atoms with Gasteiger partial charge in [-0.3, -0.25) is 4.98 Å². The number of aromatic nitrogens is 2. The fourth-order valence-electron chi connectivity index (χ4n) is 6.11. The Morgan fingerprint density at radius 1 is 0.617 bits per heavy atom. The van der Waals surface area contributed by atoms with Gasteiger partial charge in [0.05, 0.1) is 21.3 Å². The van der Waals surface area contributed by atoms with Crippen molar-refractivity contribution in [2.45, 2.75) is 98.3 Å². The summed E-state index contributed by atoms with van der Waals surface area (Å²) in [6.45, 7) is 24.8. The second-order valence-corrected chi connectivity index (χ2v) is 17.5. The van der Waals surface area contributed by atoms with E-state index in [0.717, 1.165) is 53.9 Å². The van der Waals surface area contributed by atoms with Gasteiger partial charge >= 0.3 is 0 Å². The Bertz CT molecular complexity index is 2130. The van der Waals surface area contributed by atoms with Crippen molar-refractivity contribution < 1.29 is 5.11 Å². The van der Waals surface area contributed by atoms with E-state index in [1.165, 1.54) is 22.3 Å². The third-order valence-corrected chi connectivity index (χ3v) is 10.3. The van der Waals surface area contributed by atoms with Crippen molar-refractivity contribution >= 4 is 32.5 Å². The molecular formula is C43H48N2OS. The second-order valence-electron chi connectivity index (χ2n) is 16.5. The minimum Gasteiger partial charge on any atom is -0.507 e. The second kappa shape index (κ2) is 11.6. The summed E-state index contributed by atoms with van der Waals surface area (Å²) in [5.74, 6) is 0.612. The van der Waals surface area contributed by atoms with Gasteiger partial charge in [0.15, 0.2) is 0 Å². The number of fused-ring (bicyclic) bond motifs is 2. The van der Waals surface area contributed by atoms with Crippen molar-refractivity contribution in [3.8, 4) is 38.6 Å². The Labute approximate surface area is 284 Å². The Balaban J connectivity index is 1.65. The summed E-state index contributed by atoms with van der Waals surface area (Å²) in [5, 5.41) is 13.0. The summed E-state index contributed by atoms with van der Waals surface area (Å²) in [6.07, 6.45) is 1.90. The number of nitrogens with zero attached hydrogens (tertiary/aromatic N) is 2. The van der Waals surface area contributed by atoms with Crippen molar-refractivity contribution in [1.82, 2.24) is 9.97 Å². The largest absolute Gasteiger partial charge is 0.507 e. The van der Waals surface area contributed by atoms with E-state index in [0.29, 0.717) is 5.92 Å². The zero-order chi connectivity index (χ0) is 34.1. The van der Waals surface area contributed by atoms with Gasteiger partial charge in [-0.15, -0.1) is 11.3 Å². The van der Waals surface area contributed by atoms with Gasteiger partial charge < -0.3 is 5.11 Å². The van der Waals surface area contributed by atoms with Crippen LogP contribution in [-0.4, -0.2) is 15.1 Å².